The van der Waals surface area contributed by atoms with Gasteiger partial charge in [-0.2, -0.15) is 0 Å². The number of ether oxygens (including phenoxy) is 1. The Hall–Kier alpha value is -6.62. The van der Waals surface area contributed by atoms with E-state index in [1.54, 1.807) is 0 Å². The van der Waals surface area contributed by atoms with Crippen LogP contribution in [0.15, 0.2) is 151 Å². The maximum atomic E-state index is 14.1. The molecule has 10 nitrogen and oxygen atoms in total. The molecule has 1 unspecified atom stereocenters. The Morgan fingerprint density at radius 3 is 1.86 bits per heavy atom. The highest BCUT2D eigenvalue weighted by atomic mass is 16.5. The number of nitrogens with zero attached hydrogens (tertiary/aromatic N) is 6. The quantitative estimate of drug-likeness (QED) is 0.124. The number of carbonyl (C=O) groups is 2. The minimum absolute atomic E-state index is 0.000258. The number of likely N-dealkylation sites (tertiary alicyclic amines) is 2. The largest absolute Gasteiger partial charge is 0.482 e. The Labute approximate surface area is 388 Å². The van der Waals surface area contributed by atoms with E-state index in [-0.39, 0.29) is 36.0 Å². The summed E-state index contributed by atoms with van der Waals surface area (Å²) in [7, 11) is 7.89. The van der Waals surface area contributed by atoms with Crippen molar-refractivity contribution in [1.29, 1.82) is 0 Å². The van der Waals surface area contributed by atoms with E-state index >= 15 is 0 Å². The number of aromatic nitrogens is 2. The summed E-state index contributed by atoms with van der Waals surface area (Å²) in [6.07, 6.45) is 9.80. The zero-order valence-electron chi connectivity index (χ0n) is 38.4. The summed E-state index contributed by atoms with van der Waals surface area (Å²) in [4.78, 5) is 49.8. The number of likely N-dealkylation sites (N-methyl/N-ethyl adjacent to an activating group) is 2. The highest BCUT2D eigenvalue weighted by Gasteiger charge is 2.43. The molecule has 0 saturated carbocycles. The highest BCUT2D eigenvalue weighted by Crippen LogP contribution is 2.44. The number of H-pyrrole nitrogens is 1. The average Bonchev–Trinajstić information content (AvgIpc) is 4.20. The minimum atomic E-state index is -0.582. The van der Waals surface area contributed by atoms with Crippen molar-refractivity contribution in [2.45, 2.75) is 74.7 Å². The molecule has 6 aromatic rings. The van der Waals surface area contributed by atoms with Crippen LogP contribution >= 0.6 is 0 Å². The van der Waals surface area contributed by atoms with Crippen molar-refractivity contribution < 1.29 is 14.3 Å². The van der Waals surface area contributed by atoms with Gasteiger partial charge in [-0.1, -0.05) is 115 Å². The Morgan fingerprint density at radius 2 is 1.24 bits per heavy atom. The monoisotopic (exact) mass is 877 g/mol. The van der Waals surface area contributed by atoms with Gasteiger partial charge in [0.2, 0.25) is 11.8 Å². The molecule has 10 rings (SSSR count). The van der Waals surface area contributed by atoms with E-state index in [1.807, 2.05) is 116 Å². The van der Waals surface area contributed by atoms with E-state index in [4.69, 9.17) is 14.7 Å². The van der Waals surface area contributed by atoms with Gasteiger partial charge in [-0.25, -0.2) is 4.98 Å². The smallest absolute Gasteiger partial charge is 0.245 e. The number of aromatic amines is 1. The molecule has 5 aromatic carbocycles. The molecule has 2 fully saturated rings. The standard InChI is InChI=1S/C56H59N7O3/c1-60(2)51(39-16-8-5-9-17-39)54(64)62-30-14-22-49(62)47-33-44(36-57-47)38-26-28-46(29-27-38)66-56(45-20-12-7-13-21-45)34-42-25-24-41(32-43(42)35-56)48-37-58-53(59-48)50-23-15-31-63(50)55(65)52(61(3)4)40-18-10-6-11-19-40/h5-13,16-21,24-29,32,36-37,49-52H,14-15,22-23,30-31,33-35H2,1-4H3,(H,58,59)/t49-,50-,51+,52+,56?/m0/s1. The molecule has 0 radical (unpaired) electrons. The Kier molecular flexibility index (Phi) is 12.0. The minimum Gasteiger partial charge on any atom is -0.482 e. The van der Waals surface area contributed by atoms with Crippen LogP contribution in [-0.2, 0) is 28.0 Å². The number of imidazole rings is 1. The van der Waals surface area contributed by atoms with Gasteiger partial charge in [-0.05, 0) is 117 Å². The molecule has 3 aliphatic heterocycles. The lowest BCUT2D eigenvalue weighted by atomic mass is 9.90. The molecule has 2 saturated heterocycles. The van der Waals surface area contributed by atoms with Crippen molar-refractivity contribution in [2.75, 3.05) is 41.3 Å². The SMILES string of the molecule is CN(C)[C@@H](C(=O)N1CCC[C@H]1C1=NC=C(c2ccc(OC3(c4ccccc4)Cc4ccc(-c5cnc([C@@H]6CCCN6C(=O)[C@@H](c6ccccc6)N(C)C)[nH]5)cc4C3)cc2)C1)c1ccccc1. The highest BCUT2D eigenvalue weighted by molar-refractivity contribution is 6.03. The van der Waals surface area contributed by atoms with E-state index < -0.39 is 5.60 Å². The van der Waals surface area contributed by atoms with Crippen LogP contribution in [0.4, 0.5) is 0 Å². The Morgan fingerprint density at radius 1 is 0.682 bits per heavy atom. The van der Waals surface area contributed by atoms with Gasteiger partial charge in [-0.15, -0.1) is 0 Å². The van der Waals surface area contributed by atoms with E-state index in [9.17, 15) is 9.59 Å². The lowest BCUT2D eigenvalue weighted by Crippen LogP contribution is -2.45. The van der Waals surface area contributed by atoms with E-state index in [2.05, 4.69) is 82.7 Å². The topological polar surface area (TPSA) is 97.4 Å². The predicted octanol–water partition coefficient (Wildman–Crippen LogP) is 9.60. The third-order valence-electron chi connectivity index (χ3n) is 14.2. The first-order valence-electron chi connectivity index (χ1n) is 23.5. The molecule has 5 atom stereocenters. The van der Waals surface area contributed by atoms with Gasteiger partial charge in [-0.3, -0.25) is 24.4 Å². The summed E-state index contributed by atoms with van der Waals surface area (Å²) < 4.78 is 7.13. The van der Waals surface area contributed by atoms with Crippen LogP contribution in [0.1, 0.15) is 89.4 Å². The van der Waals surface area contributed by atoms with Gasteiger partial charge in [0.05, 0.1) is 24.0 Å². The zero-order chi connectivity index (χ0) is 45.4. The fraction of sp³-hybridized carbons (Fsp3) is 0.321. The van der Waals surface area contributed by atoms with Gasteiger partial charge in [0, 0.05) is 44.3 Å². The molecule has 66 heavy (non-hydrogen) atoms. The molecular weight excluding hydrogens is 819 g/mol. The normalized spacial score (nSPS) is 21.2. The summed E-state index contributed by atoms with van der Waals surface area (Å²) in [5.41, 5.74) is 10.4. The molecule has 4 heterocycles. The van der Waals surface area contributed by atoms with Crippen LogP contribution in [-0.4, -0.2) is 94.4 Å². The molecule has 0 spiro atoms. The van der Waals surface area contributed by atoms with E-state index in [0.717, 1.165) is 108 Å². The van der Waals surface area contributed by atoms with Crippen LogP contribution in [0, 0.1) is 0 Å². The average molecular weight is 878 g/mol. The zero-order valence-corrected chi connectivity index (χ0v) is 38.4. The molecule has 4 aliphatic rings. The van der Waals surface area contributed by atoms with Crippen molar-refractivity contribution in [3.8, 4) is 17.0 Å². The second kappa shape index (κ2) is 18.3. The van der Waals surface area contributed by atoms with Crippen molar-refractivity contribution in [2.24, 2.45) is 4.99 Å². The first-order valence-corrected chi connectivity index (χ1v) is 23.5. The van der Waals surface area contributed by atoms with Crippen molar-refractivity contribution in [3.05, 3.63) is 185 Å². The molecular formula is C56H59N7O3. The molecule has 0 bridgehead atoms. The van der Waals surface area contributed by atoms with Gasteiger partial charge < -0.3 is 19.5 Å². The molecule has 336 valence electrons. The summed E-state index contributed by atoms with van der Waals surface area (Å²) in [5, 5.41) is 0. The molecule has 1 aromatic heterocycles. The van der Waals surface area contributed by atoms with Gasteiger partial charge in [0.25, 0.3) is 0 Å². The second-order valence-electron chi connectivity index (χ2n) is 18.9. The summed E-state index contributed by atoms with van der Waals surface area (Å²) in [6.45, 7) is 1.46. The first kappa shape index (κ1) is 43.3. The number of rotatable bonds is 13. The van der Waals surface area contributed by atoms with Crippen LogP contribution in [0.3, 0.4) is 0 Å². The molecule has 1 N–H and O–H groups in total. The number of fused-ring (bicyclic) bond motifs is 1. The van der Waals surface area contributed by atoms with Gasteiger partial charge >= 0.3 is 0 Å². The third kappa shape index (κ3) is 8.40. The van der Waals surface area contributed by atoms with Gasteiger partial charge in [0.15, 0.2) is 0 Å². The third-order valence-corrected chi connectivity index (χ3v) is 14.2. The predicted molar refractivity (Wildman–Crippen MR) is 261 cm³/mol. The van der Waals surface area contributed by atoms with Crippen molar-refractivity contribution >= 4 is 23.1 Å². The van der Waals surface area contributed by atoms with Gasteiger partial charge in [0.1, 0.15) is 29.3 Å². The number of aliphatic imine (C=N–C) groups is 1. The number of amides is 2. The fourth-order valence-corrected chi connectivity index (χ4v) is 10.9. The van der Waals surface area contributed by atoms with Crippen LogP contribution in [0.25, 0.3) is 16.8 Å². The number of benzene rings is 5. The number of hydrogen-bond donors (Lipinski definition) is 1. The first-order chi connectivity index (χ1) is 32.2. The lowest BCUT2D eigenvalue weighted by molar-refractivity contribution is -0.137. The fourth-order valence-electron chi connectivity index (χ4n) is 10.9. The van der Waals surface area contributed by atoms with Crippen molar-refractivity contribution in [3.63, 3.8) is 0 Å². The van der Waals surface area contributed by atoms with E-state index in [1.165, 1.54) is 11.1 Å². The van der Waals surface area contributed by atoms with Crippen LogP contribution < -0.4 is 4.74 Å². The van der Waals surface area contributed by atoms with Crippen LogP contribution in [0.5, 0.6) is 5.75 Å². The summed E-state index contributed by atoms with van der Waals surface area (Å²) in [5.74, 6) is 1.89. The summed E-state index contributed by atoms with van der Waals surface area (Å²) >= 11 is 0. The summed E-state index contributed by atoms with van der Waals surface area (Å²) in [6, 6.07) is 45.1. The number of carbonyl (C=O) groups excluding carboxylic acids is 2. The maximum Gasteiger partial charge on any atom is 0.245 e. The molecule has 1 aliphatic carbocycles. The second-order valence-corrected chi connectivity index (χ2v) is 18.9. The maximum absolute atomic E-state index is 14.1. The van der Waals surface area contributed by atoms with Crippen LogP contribution in [0.2, 0.25) is 0 Å². The lowest BCUT2D eigenvalue weighted by Gasteiger charge is -2.32. The Bertz CT molecular complexity index is 2750. The van der Waals surface area contributed by atoms with Crippen molar-refractivity contribution in [1.82, 2.24) is 29.6 Å². The molecule has 2 amide bonds. The molecule has 10 heteroatoms. The number of allylic oxidation sites excluding steroid dienone is 1. The number of nitrogens with one attached hydrogen (secondary N) is 1. The van der Waals surface area contributed by atoms with E-state index in [0.29, 0.717) is 6.54 Å². The Balaban J connectivity index is 0.826. The number of hydrogen-bond acceptors (Lipinski definition) is 7.